The number of sulfonamides is 1. The second-order valence-corrected chi connectivity index (χ2v) is 8.86. The molecule has 0 saturated heterocycles. The van der Waals surface area contributed by atoms with Crippen molar-refractivity contribution in [3.05, 3.63) is 38.6 Å². The molecule has 1 aromatic carbocycles. The van der Waals surface area contributed by atoms with Gasteiger partial charge in [0.15, 0.2) is 0 Å². The SMILES string of the molecule is COc1ccc(CNS(=O)(=O)c2cc(Cl)c(Br)s2)cc1N. The lowest BCUT2D eigenvalue weighted by Crippen LogP contribution is -2.22. The van der Waals surface area contributed by atoms with Crippen LogP contribution < -0.4 is 15.2 Å². The van der Waals surface area contributed by atoms with Gasteiger partial charge in [-0.05, 0) is 39.7 Å². The molecule has 2 rings (SSSR count). The van der Waals surface area contributed by atoms with Crippen LogP contribution in [0.5, 0.6) is 5.75 Å². The molecular formula is C12H12BrClN2O3S2. The molecule has 9 heteroatoms. The van der Waals surface area contributed by atoms with Crippen molar-refractivity contribution >= 4 is 54.6 Å². The van der Waals surface area contributed by atoms with Crippen molar-refractivity contribution in [2.45, 2.75) is 10.8 Å². The Morgan fingerprint density at radius 1 is 1.43 bits per heavy atom. The van der Waals surface area contributed by atoms with Crippen molar-refractivity contribution in [3.63, 3.8) is 0 Å². The van der Waals surface area contributed by atoms with Crippen molar-refractivity contribution in [3.8, 4) is 5.75 Å². The van der Waals surface area contributed by atoms with E-state index in [4.69, 9.17) is 22.1 Å². The van der Waals surface area contributed by atoms with E-state index in [1.165, 1.54) is 13.2 Å². The van der Waals surface area contributed by atoms with E-state index >= 15 is 0 Å². The predicted octanol–water partition coefficient (Wildman–Crippen LogP) is 3.23. The summed E-state index contributed by atoms with van der Waals surface area (Å²) < 4.78 is 32.6. The fraction of sp³-hybridized carbons (Fsp3) is 0.167. The highest BCUT2D eigenvalue weighted by Crippen LogP contribution is 2.34. The minimum Gasteiger partial charge on any atom is -0.495 e. The zero-order valence-corrected chi connectivity index (χ0v) is 14.9. The molecule has 0 aliphatic carbocycles. The van der Waals surface area contributed by atoms with Crippen LogP contribution in [0.2, 0.25) is 5.02 Å². The molecule has 0 atom stereocenters. The van der Waals surface area contributed by atoms with Crippen LogP contribution in [0, 0.1) is 0 Å². The van der Waals surface area contributed by atoms with Crippen molar-refractivity contribution in [1.82, 2.24) is 4.72 Å². The van der Waals surface area contributed by atoms with Crippen LogP contribution in [0.3, 0.4) is 0 Å². The maximum atomic E-state index is 12.1. The normalized spacial score (nSPS) is 11.6. The molecule has 0 amide bonds. The van der Waals surface area contributed by atoms with Gasteiger partial charge in [-0.1, -0.05) is 17.7 Å². The van der Waals surface area contributed by atoms with Gasteiger partial charge < -0.3 is 10.5 Å². The summed E-state index contributed by atoms with van der Waals surface area (Å²) in [5, 5.41) is 0.370. The molecule has 1 heterocycles. The number of benzene rings is 1. The molecule has 0 radical (unpaired) electrons. The first-order chi connectivity index (χ1) is 9.83. The molecule has 0 aliphatic heterocycles. The van der Waals surface area contributed by atoms with Crippen LogP contribution in [0.1, 0.15) is 5.56 Å². The average Bonchev–Trinajstić information content (AvgIpc) is 2.77. The first-order valence-corrected chi connectivity index (χ1v) is 9.17. The highest BCUT2D eigenvalue weighted by molar-refractivity contribution is 9.11. The Morgan fingerprint density at radius 2 is 2.14 bits per heavy atom. The first kappa shape index (κ1) is 16.6. The molecule has 0 aliphatic rings. The van der Waals surface area contributed by atoms with E-state index in [0.29, 0.717) is 20.2 Å². The topological polar surface area (TPSA) is 81.4 Å². The van der Waals surface area contributed by atoms with E-state index in [0.717, 1.165) is 16.9 Å². The number of thiophene rings is 1. The largest absolute Gasteiger partial charge is 0.495 e. The minimum atomic E-state index is -3.61. The Morgan fingerprint density at radius 3 is 2.67 bits per heavy atom. The minimum absolute atomic E-state index is 0.129. The Bertz CT molecular complexity index is 742. The summed E-state index contributed by atoms with van der Waals surface area (Å²) in [6, 6.07) is 6.51. The number of halogens is 2. The fourth-order valence-corrected chi connectivity index (χ4v) is 5.06. The van der Waals surface area contributed by atoms with E-state index in [2.05, 4.69) is 20.7 Å². The molecule has 0 spiro atoms. The number of ether oxygens (including phenoxy) is 1. The third-order valence-corrected chi connectivity index (χ3v) is 7.00. The van der Waals surface area contributed by atoms with E-state index < -0.39 is 10.0 Å². The summed E-state index contributed by atoms with van der Waals surface area (Å²) in [6.07, 6.45) is 0. The maximum absolute atomic E-state index is 12.1. The molecule has 0 saturated carbocycles. The molecule has 0 fully saturated rings. The summed E-state index contributed by atoms with van der Waals surface area (Å²) >= 11 is 10.1. The van der Waals surface area contributed by atoms with Gasteiger partial charge >= 0.3 is 0 Å². The number of nitrogens with one attached hydrogen (secondary N) is 1. The molecule has 2 aromatic rings. The van der Waals surface area contributed by atoms with Crippen LogP contribution >= 0.6 is 38.9 Å². The van der Waals surface area contributed by atoms with Gasteiger partial charge in [0.05, 0.1) is 21.6 Å². The third kappa shape index (κ3) is 3.89. The molecule has 21 heavy (non-hydrogen) atoms. The van der Waals surface area contributed by atoms with E-state index in [-0.39, 0.29) is 10.8 Å². The highest BCUT2D eigenvalue weighted by Gasteiger charge is 2.18. The van der Waals surface area contributed by atoms with E-state index in [1.807, 2.05) is 0 Å². The Labute approximate surface area is 140 Å². The molecule has 5 nitrogen and oxygen atoms in total. The molecule has 0 bridgehead atoms. The Balaban J connectivity index is 2.13. The monoisotopic (exact) mass is 410 g/mol. The van der Waals surface area contributed by atoms with Crippen molar-refractivity contribution < 1.29 is 13.2 Å². The second kappa shape index (κ2) is 6.53. The van der Waals surface area contributed by atoms with Crippen LogP contribution in [0.15, 0.2) is 32.3 Å². The number of nitrogens with two attached hydrogens (primary N) is 1. The smallest absolute Gasteiger partial charge is 0.250 e. The second-order valence-electron chi connectivity index (χ2n) is 4.09. The van der Waals surface area contributed by atoms with Gasteiger partial charge in [0.25, 0.3) is 0 Å². The lowest BCUT2D eigenvalue weighted by atomic mass is 10.2. The quantitative estimate of drug-likeness (QED) is 0.740. The van der Waals surface area contributed by atoms with E-state index in [1.54, 1.807) is 18.2 Å². The summed E-state index contributed by atoms with van der Waals surface area (Å²) in [7, 11) is -2.09. The number of anilines is 1. The fourth-order valence-electron chi connectivity index (χ4n) is 1.60. The van der Waals surface area contributed by atoms with Crippen LogP contribution in [0.4, 0.5) is 5.69 Å². The van der Waals surface area contributed by atoms with Crippen LogP contribution in [0.25, 0.3) is 0 Å². The van der Waals surface area contributed by atoms with Gasteiger partial charge in [-0.25, -0.2) is 13.1 Å². The standard InChI is InChI=1S/C12H12BrClN2O3S2/c1-19-10-3-2-7(4-9(10)15)6-16-21(17,18)11-5-8(14)12(13)20-11/h2-5,16H,6,15H2,1H3. The summed E-state index contributed by atoms with van der Waals surface area (Å²) in [5.74, 6) is 0.551. The lowest BCUT2D eigenvalue weighted by molar-refractivity contribution is 0.417. The van der Waals surface area contributed by atoms with Crippen molar-refractivity contribution in [1.29, 1.82) is 0 Å². The van der Waals surface area contributed by atoms with Gasteiger partial charge in [-0.2, -0.15) is 0 Å². The molecule has 1 aromatic heterocycles. The van der Waals surface area contributed by atoms with Gasteiger partial charge in [0.1, 0.15) is 9.96 Å². The van der Waals surface area contributed by atoms with Gasteiger partial charge in [-0.15, -0.1) is 11.3 Å². The van der Waals surface area contributed by atoms with Gasteiger partial charge in [0, 0.05) is 6.54 Å². The molecule has 3 N–H and O–H groups in total. The number of methoxy groups -OCH3 is 1. The first-order valence-electron chi connectivity index (χ1n) is 5.70. The lowest BCUT2D eigenvalue weighted by Gasteiger charge is -2.08. The van der Waals surface area contributed by atoms with Crippen LogP contribution in [-0.2, 0) is 16.6 Å². The predicted molar refractivity (Wildman–Crippen MR) is 88.5 cm³/mol. The Kier molecular flexibility index (Phi) is 5.15. The molecule has 0 unspecified atom stereocenters. The highest BCUT2D eigenvalue weighted by atomic mass is 79.9. The zero-order valence-electron chi connectivity index (χ0n) is 10.9. The number of nitrogen functional groups attached to an aromatic ring is 1. The van der Waals surface area contributed by atoms with Gasteiger partial charge in [-0.3, -0.25) is 0 Å². The third-order valence-electron chi connectivity index (χ3n) is 2.65. The molecular weight excluding hydrogens is 400 g/mol. The number of rotatable bonds is 5. The summed E-state index contributed by atoms with van der Waals surface area (Å²) in [4.78, 5) is 0. The summed E-state index contributed by atoms with van der Waals surface area (Å²) in [6.45, 7) is 0.129. The van der Waals surface area contributed by atoms with Crippen LogP contribution in [-0.4, -0.2) is 15.5 Å². The number of hydrogen-bond donors (Lipinski definition) is 2. The van der Waals surface area contributed by atoms with Crippen molar-refractivity contribution in [2.24, 2.45) is 0 Å². The molecule has 114 valence electrons. The van der Waals surface area contributed by atoms with E-state index in [9.17, 15) is 8.42 Å². The maximum Gasteiger partial charge on any atom is 0.250 e. The summed E-state index contributed by atoms with van der Waals surface area (Å²) in [5.41, 5.74) is 6.97. The number of hydrogen-bond acceptors (Lipinski definition) is 5. The van der Waals surface area contributed by atoms with Gasteiger partial charge in [0.2, 0.25) is 10.0 Å². The Hall–Kier alpha value is -0.800. The van der Waals surface area contributed by atoms with Crippen molar-refractivity contribution in [2.75, 3.05) is 12.8 Å². The zero-order chi connectivity index (χ0) is 15.6. The average molecular weight is 412 g/mol.